The molecule has 4 nitrogen and oxygen atoms in total. The molecule has 5 heteroatoms. The van der Waals surface area contributed by atoms with Crippen LogP contribution in [0.5, 0.6) is 0 Å². The summed E-state index contributed by atoms with van der Waals surface area (Å²) in [5.41, 5.74) is -0.247. The zero-order valence-electron chi connectivity index (χ0n) is 9.80. The Labute approximate surface area is 120 Å². The van der Waals surface area contributed by atoms with Crippen molar-refractivity contribution in [3.63, 3.8) is 0 Å². The van der Waals surface area contributed by atoms with E-state index in [9.17, 15) is 10.2 Å². The van der Waals surface area contributed by atoms with E-state index in [4.69, 9.17) is 10.8 Å². The molecule has 0 atom stereocenters. The van der Waals surface area contributed by atoms with E-state index in [1.807, 2.05) is 24.3 Å². The van der Waals surface area contributed by atoms with E-state index in [-0.39, 0.29) is 22.9 Å². The van der Waals surface area contributed by atoms with E-state index < -0.39 is 17.2 Å². The Morgan fingerprint density at radius 2 is 1.58 bits per heavy atom. The molecule has 0 bridgehead atoms. The first-order valence-electron chi connectivity index (χ1n) is 5.60. The summed E-state index contributed by atoms with van der Waals surface area (Å²) in [6.45, 7) is 0. The maximum absolute atomic E-state index is 11.6. The van der Waals surface area contributed by atoms with Crippen LogP contribution in [0.4, 0.5) is 0 Å². The molecule has 0 saturated carbocycles. The first-order valence-corrected chi connectivity index (χ1v) is 5.60. The van der Waals surface area contributed by atoms with E-state index in [0.29, 0.717) is 5.56 Å². The Hall–Kier alpha value is -1.87. The first kappa shape index (κ1) is 13.6. The van der Waals surface area contributed by atoms with Crippen LogP contribution >= 0.6 is 0 Å². The molecule has 0 heterocycles. The molecular formula is C14H10N2NiO2. The SMILES string of the molecule is N=C([O-])C1(C(=N)[O-])Cc2cccc3cccc1c23.[Ni+2]. The van der Waals surface area contributed by atoms with Crippen molar-refractivity contribution in [2.75, 3.05) is 0 Å². The average molecular weight is 297 g/mol. The molecule has 2 N–H and O–H groups in total. The van der Waals surface area contributed by atoms with E-state index >= 15 is 0 Å². The van der Waals surface area contributed by atoms with Gasteiger partial charge in [0, 0.05) is 0 Å². The molecule has 2 aromatic carbocycles. The molecule has 0 fully saturated rings. The van der Waals surface area contributed by atoms with Crippen LogP contribution in [0, 0.1) is 10.8 Å². The number of hydrogen-bond acceptors (Lipinski definition) is 4. The zero-order valence-corrected chi connectivity index (χ0v) is 10.8. The summed E-state index contributed by atoms with van der Waals surface area (Å²) in [6.07, 6.45) is 0.133. The van der Waals surface area contributed by atoms with Crippen molar-refractivity contribution in [1.82, 2.24) is 0 Å². The van der Waals surface area contributed by atoms with Crippen LogP contribution < -0.4 is 10.2 Å². The Morgan fingerprint density at radius 3 is 2.16 bits per heavy atom. The summed E-state index contributed by atoms with van der Waals surface area (Å²) < 4.78 is 0. The van der Waals surface area contributed by atoms with Crippen molar-refractivity contribution in [1.29, 1.82) is 10.8 Å². The summed E-state index contributed by atoms with van der Waals surface area (Å²) in [4.78, 5) is 0. The summed E-state index contributed by atoms with van der Waals surface area (Å²) in [6, 6.07) is 11.0. The van der Waals surface area contributed by atoms with Crippen LogP contribution in [0.1, 0.15) is 11.1 Å². The van der Waals surface area contributed by atoms with Gasteiger partial charge in [-0.05, 0) is 40.1 Å². The molecule has 98 valence electrons. The van der Waals surface area contributed by atoms with Gasteiger partial charge in [-0.25, -0.2) is 0 Å². The van der Waals surface area contributed by atoms with Crippen LogP contribution in [-0.2, 0) is 28.3 Å². The fourth-order valence-corrected chi connectivity index (χ4v) is 2.81. The number of rotatable bonds is 2. The molecule has 0 spiro atoms. The molecule has 0 aliphatic heterocycles. The predicted molar refractivity (Wildman–Crippen MR) is 64.8 cm³/mol. The van der Waals surface area contributed by atoms with Gasteiger partial charge in [0.05, 0.1) is 5.41 Å². The quantitative estimate of drug-likeness (QED) is 0.474. The summed E-state index contributed by atoms with van der Waals surface area (Å²) in [5, 5.41) is 39.9. The zero-order chi connectivity index (χ0) is 12.9. The van der Waals surface area contributed by atoms with Crippen molar-refractivity contribution in [2.24, 2.45) is 0 Å². The second kappa shape index (κ2) is 4.35. The molecule has 0 amide bonds. The van der Waals surface area contributed by atoms with Crippen LogP contribution in [0.15, 0.2) is 36.4 Å². The van der Waals surface area contributed by atoms with Crippen LogP contribution in [-0.4, -0.2) is 11.8 Å². The van der Waals surface area contributed by atoms with Gasteiger partial charge in [-0.15, -0.1) is 0 Å². The minimum absolute atomic E-state index is 0. The topological polar surface area (TPSA) is 93.8 Å². The van der Waals surface area contributed by atoms with E-state index in [0.717, 1.165) is 16.3 Å². The third-order valence-electron chi connectivity index (χ3n) is 3.68. The average Bonchev–Trinajstić information content (AvgIpc) is 2.68. The Balaban J connectivity index is 0.00000133. The van der Waals surface area contributed by atoms with Gasteiger partial charge in [0.15, 0.2) is 0 Å². The number of hydrogen-bond donors (Lipinski definition) is 2. The summed E-state index contributed by atoms with van der Waals surface area (Å²) in [7, 11) is 0. The minimum Gasteiger partial charge on any atom is -0.861 e. The summed E-state index contributed by atoms with van der Waals surface area (Å²) >= 11 is 0. The molecule has 0 aromatic heterocycles. The molecule has 19 heavy (non-hydrogen) atoms. The van der Waals surface area contributed by atoms with Crippen molar-refractivity contribution in [3.8, 4) is 0 Å². The molecule has 0 radical (unpaired) electrons. The monoisotopic (exact) mass is 296 g/mol. The second-order valence-electron chi connectivity index (χ2n) is 4.56. The van der Waals surface area contributed by atoms with Gasteiger partial charge in [0.2, 0.25) is 0 Å². The fourth-order valence-electron chi connectivity index (χ4n) is 2.81. The standard InChI is InChI=1S/C14H12N2O2.Ni/c15-12(17)14(13(16)18)7-9-5-1-3-8-4-2-6-10(14)11(8)9;/h1-6H,7H2,(H2,15,17)(H2,16,18);/q;+2/p-2. The molecule has 3 rings (SSSR count). The van der Waals surface area contributed by atoms with Crippen LogP contribution in [0.3, 0.4) is 0 Å². The van der Waals surface area contributed by atoms with Crippen molar-refractivity contribution in [2.45, 2.75) is 11.8 Å². The Bertz CT molecular complexity index is 678. The molecule has 1 aliphatic rings. The maximum Gasteiger partial charge on any atom is 2.00 e. The number of nitrogens with one attached hydrogen (secondary N) is 2. The molecule has 1 aliphatic carbocycles. The maximum atomic E-state index is 11.6. The third-order valence-corrected chi connectivity index (χ3v) is 3.68. The molecule has 2 aromatic rings. The van der Waals surface area contributed by atoms with Crippen LogP contribution in [0.2, 0.25) is 0 Å². The van der Waals surface area contributed by atoms with Crippen molar-refractivity contribution in [3.05, 3.63) is 47.5 Å². The normalized spacial score (nSPS) is 20.0. The molecule has 0 unspecified atom stereocenters. The predicted octanol–water partition coefficient (Wildman–Crippen LogP) is 0.306. The fraction of sp³-hybridized carbons (Fsp3) is 0.143. The van der Waals surface area contributed by atoms with Gasteiger partial charge < -0.3 is 21.0 Å². The van der Waals surface area contributed by atoms with E-state index in [1.54, 1.807) is 12.1 Å². The minimum atomic E-state index is -1.62. The van der Waals surface area contributed by atoms with Crippen LogP contribution in [0.25, 0.3) is 10.8 Å². The van der Waals surface area contributed by atoms with Gasteiger partial charge in [-0.1, -0.05) is 36.4 Å². The number of benzene rings is 2. The summed E-state index contributed by atoms with van der Waals surface area (Å²) in [5.74, 6) is -1.99. The Kier molecular flexibility index (Phi) is 3.11. The van der Waals surface area contributed by atoms with Gasteiger partial charge in [0.25, 0.3) is 0 Å². The molecular weight excluding hydrogens is 287 g/mol. The second-order valence-corrected chi connectivity index (χ2v) is 4.56. The van der Waals surface area contributed by atoms with Gasteiger partial charge in [-0.3, -0.25) is 0 Å². The largest absolute Gasteiger partial charge is 2.00 e. The van der Waals surface area contributed by atoms with Gasteiger partial charge in [-0.2, -0.15) is 0 Å². The first-order chi connectivity index (χ1) is 8.57. The van der Waals surface area contributed by atoms with Crippen molar-refractivity contribution < 1.29 is 26.7 Å². The van der Waals surface area contributed by atoms with E-state index in [2.05, 4.69) is 0 Å². The third kappa shape index (κ3) is 1.58. The van der Waals surface area contributed by atoms with Gasteiger partial charge >= 0.3 is 16.5 Å². The van der Waals surface area contributed by atoms with E-state index in [1.165, 1.54) is 0 Å². The Morgan fingerprint density at radius 1 is 1.00 bits per heavy atom. The smallest absolute Gasteiger partial charge is 0.861 e. The van der Waals surface area contributed by atoms with Crippen molar-refractivity contribution >= 4 is 22.6 Å². The van der Waals surface area contributed by atoms with Gasteiger partial charge in [0.1, 0.15) is 0 Å². The molecule has 0 saturated heterocycles.